The Balaban J connectivity index is 2.99. The van der Waals surface area contributed by atoms with E-state index in [1.165, 1.54) is 0 Å². The lowest BCUT2D eigenvalue weighted by Gasteiger charge is -2.23. The third-order valence-corrected chi connectivity index (χ3v) is 3.05. The van der Waals surface area contributed by atoms with Crippen LogP contribution in [-0.4, -0.2) is 24.4 Å². The van der Waals surface area contributed by atoms with Crippen LogP contribution < -0.4 is 10.1 Å². The van der Waals surface area contributed by atoms with Crippen molar-refractivity contribution < 1.29 is 9.53 Å². The molecule has 0 radical (unpaired) electrons. The molecule has 0 aliphatic rings. The van der Waals surface area contributed by atoms with Crippen LogP contribution in [0.3, 0.4) is 0 Å². The van der Waals surface area contributed by atoms with Gasteiger partial charge in [0.2, 0.25) is 0 Å². The first-order valence-corrected chi connectivity index (χ1v) is 5.96. The molecule has 0 heterocycles. The van der Waals surface area contributed by atoms with E-state index in [4.69, 9.17) is 16.3 Å². The highest BCUT2D eigenvalue weighted by Crippen LogP contribution is 2.20. The molecular formula is C13H18ClNO2. The molecule has 0 aliphatic carbocycles. The van der Waals surface area contributed by atoms with E-state index in [-0.39, 0.29) is 5.91 Å². The van der Waals surface area contributed by atoms with Crippen LogP contribution in [0.25, 0.3) is 0 Å². The predicted octanol–water partition coefficient (Wildman–Crippen LogP) is 2.75. The van der Waals surface area contributed by atoms with E-state index in [0.717, 1.165) is 5.56 Å². The van der Waals surface area contributed by atoms with Gasteiger partial charge < -0.3 is 10.1 Å². The first-order chi connectivity index (χ1) is 7.89. The van der Waals surface area contributed by atoms with Crippen LogP contribution in [0.5, 0.6) is 5.75 Å². The molecule has 0 saturated carbocycles. The summed E-state index contributed by atoms with van der Waals surface area (Å²) in [4.78, 5) is 12.1. The number of carbonyl (C=O) groups is 1. The van der Waals surface area contributed by atoms with E-state index >= 15 is 0 Å². The first-order valence-electron chi connectivity index (χ1n) is 5.43. The number of alkyl halides is 1. The van der Waals surface area contributed by atoms with Crippen molar-refractivity contribution in [2.24, 2.45) is 0 Å². The number of ether oxygens (including phenoxy) is 1. The highest BCUT2D eigenvalue weighted by molar-refractivity contribution is 6.18. The van der Waals surface area contributed by atoms with Gasteiger partial charge in [-0.1, -0.05) is 11.6 Å². The molecule has 1 aromatic carbocycles. The van der Waals surface area contributed by atoms with Crippen LogP contribution in [0.15, 0.2) is 18.2 Å². The van der Waals surface area contributed by atoms with E-state index in [1.54, 1.807) is 19.2 Å². The number of hydrogen-bond acceptors (Lipinski definition) is 2. The van der Waals surface area contributed by atoms with Gasteiger partial charge in [-0.05, 0) is 32.9 Å². The van der Waals surface area contributed by atoms with E-state index in [2.05, 4.69) is 5.32 Å². The molecule has 0 saturated heterocycles. The standard InChI is InChI=1S/C13H18ClNO2/c1-9-5-6-11(17-4)10(7-9)12(16)15-13(2,3)8-14/h5-7H,8H2,1-4H3,(H,15,16). The maximum atomic E-state index is 12.1. The van der Waals surface area contributed by atoms with Crippen molar-refractivity contribution in [1.82, 2.24) is 5.32 Å². The smallest absolute Gasteiger partial charge is 0.255 e. The van der Waals surface area contributed by atoms with Crippen molar-refractivity contribution in [2.45, 2.75) is 26.3 Å². The molecule has 1 amide bonds. The van der Waals surface area contributed by atoms with Crippen LogP contribution >= 0.6 is 11.6 Å². The molecule has 0 bridgehead atoms. The van der Waals surface area contributed by atoms with Crippen molar-refractivity contribution in [2.75, 3.05) is 13.0 Å². The van der Waals surface area contributed by atoms with Gasteiger partial charge in [-0.2, -0.15) is 0 Å². The topological polar surface area (TPSA) is 38.3 Å². The summed E-state index contributed by atoms with van der Waals surface area (Å²) >= 11 is 5.78. The van der Waals surface area contributed by atoms with E-state index in [9.17, 15) is 4.79 Å². The fraction of sp³-hybridized carbons (Fsp3) is 0.462. The highest BCUT2D eigenvalue weighted by Gasteiger charge is 2.21. The zero-order valence-electron chi connectivity index (χ0n) is 10.6. The van der Waals surface area contributed by atoms with Crippen LogP contribution in [0.1, 0.15) is 29.8 Å². The molecule has 0 spiro atoms. The predicted molar refractivity (Wildman–Crippen MR) is 70.0 cm³/mol. The molecule has 0 aliphatic heterocycles. The lowest BCUT2D eigenvalue weighted by Crippen LogP contribution is -2.45. The Kier molecular flexibility index (Phi) is 4.40. The molecular weight excluding hydrogens is 238 g/mol. The Hall–Kier alpha value is -1.22. The quantitative estimate of drug-likeness (QED) is 0.841. The fourth-order valence-electron chi connectivity index (χ4n) is 1.41. The Morgan fingerprint density at radius 1 is 1.47 bits per heavy atom. The molecule has 0 unspecified atom stereocenters. The number of carbonyl (C=O) groups excluding carboxylic acids is 1. The molecule has 0 atom stereocenters. The Bertz CT molecular complexity index is 416. The zero-order chi connectivity index (χ0) is 13.1. The van der Waals surface area contributed by atoms with Crippen LogP contribution in [0.4, 0.5) is 0 Å². The van der Waals surface area contributed by atoms with Crippen LogP contribution in [-0.2, 0) is 0 Å². The minimum absolute atomic E-state index is 0.170. The Morgan fingerprint density at radius 3 is 2.65 bits per heavy atom. The monoisotopic (exact) mass is 255 g/mol. The first kappa shape index (κ1) is 13.8. The second-order valence-electron chi connectivity index (χ2n) is 4.68. The van der Waals surface area contributed by atoms with Crippen LogP contribution in [0, 0.1) is 6.92 Å². The van der Waals surface area contributed by atoms with Gasteiger partial charge in [0.05, 0.1) is 12.7 Å². The van der Waals surface area contributed by atoms with Crippen molar-refractivity contribution in [1.29, 1.82) is 0 Å². The summed E-state index contributed by atoms with van der Waals surface area (Å²) in [5.74, 6) is 0.752. The van der Waals surface area contributed by atoms with E-state index in [1.807, 2.05) is 26.8 Å². The molecule has 0 aromatic heterocycles. The molecule has 17 heavy (non-hydrogen) atoms. The van der Waals surface area contributed by atoms with Gasteiger partial charge in [0, 0.05) is 11.4 Å². The molecule has 3 nitrogen and oxygen atoms in total. The number of benzene rings is 1. The van der Waals surface area contributed by atoms with Crippen molar-refractivity contribution in [3.05, 3.63) is 29.3 Å². The summed E-state index contributed by atoms with van der Waals surface area (Å²) in [6.45, 7) is 5.68. The molecule has 0 fully saturated rings. The minimum atomic E-state index is -0.437. The number of nitrogens with one attached hydrogen (secondary N) is 1. The van der Waals surface area contributed by atoms with Gasteiger partial charge in [-0.3, -0.25) is 4.79 Å². The van der Waals surface area contributed by atoms with Gasteiger partial charge >= 0.3 is 0 Å². The molecule has 1 N–H and O–H groups in total. The summed E-state index contributed by atoms with van der Waals surface area (Å²) in [5.41, 5.74) is 1.11. The zero-order valence-corrected chi connectivity index (χ0v) is 11.4. The number of halogens is 1. The number of aryl methyl sites for hydroxylation is 1. The maximum Gasteiger partial charge on any atom is 0.255 e. The minimum Gasteiger partial charge on any atom is -0.496 e. The third-order valence-electron chi connectivity index (χ3n) is 2.39. The van der Waals surface area contributed by atoms with Gasteiger partial charge in [0.25, 0.3) is 5.91 Å². The van der Waals surface area contributed by atoms with Gasteiger partial charge in [-0.15, -0.1) is 11.6 Å². The second-order valence-corrected chi connectivity index (χ2v) is 4.94. The molecule has 1 rings (SSSR count). The van der Waals surface area contributed by atoms with Gasteiger partial charge in [0.1, 0.15) is 5.75 Å². The van der Waals surface area contributed by atoms with E-state index in [0.29, 0.717) is 17.2 Å². The average molecular weight is 256 g/mol. The fourth-order valence-corrected chi connectivity index (χ4v) is 1.47. The number of rotatable bonds is 4. The summed E-state index contributed by atoms with van der Waals surface area (Å²) in [6.07, 6.45) is 0. The Labute approximate surface area is 107 Å². The van der Waals surface area contributed by atoms with Crippen molar-refractivity contribution in [3.8, 4) is 5.75 Å². The number of hydrogen-bond donors (Lipinski definition) is 1. The highest BCUT2D eigenvalue weighted by atomic mass is 35.5. The van der Waals surface area contributed by atoms with Gasteiger partial charge in [0.15, 0.2) is 0 Å². The molecule has 94 valence electrons. The van der Waals surface area contributed by atoms with Crippen molar-refractivity contribution in [3.63, 3.8) is 0 Å². The molecule has 1 aromatic rings. The number of methoxy groups -OCH3 is 1. The SMILES string of the molecule is COc1ccc(C)cc1C(=O)NC(C)(C)CCl. The lowest BCUT2D eigenvalue weighted by atomic mass is 10.1. The van der Waals surface area contributed by atoms with Crippen LogP contribution in [0.2, 0.25) is 0 Å². The summed E-state index contributed by atoms with van der Waals surface area (Å²) < 4.78 is 5.18. The molecule has 4 heteroatoms. The van der Waals surface area contributed by atoms with E-state index < -0.39 is 5.54 Å². The van der Waals surface area contributed by atoms with Crippen molar-refractivity contribution >= 4 is 17.5 Å². The summed E-state index contributed by atoms with van der Waals surface area (Å²) in [5, 5.41) is 2.87. The Morgan fingerprint density at radius 2 is 2.12 bits per heavy atom. The van der Waals surface area contributed by atoms with Gasteiger partial charge in [-0.25, -0.2) is 0 Å². The average Bonchev–Trinajstić information content (AvgIpc) is 2.28. The number of amides is 1. The largest absolute Gasteiger partial charge is 0.496 e. The second kappa shape index (κ2) is 5.41. The summed E-state index contributed by atoms with van der Waals surface area (Å²) in [6, 6.07) is 5.50. The normalized spacial score (nSPS) is 11.1. The lowest BCUT2D eigenvalue weighted by molar-refractivity contribution is 0.0917. The maximum absolute atomic E-state index is 12.1. The third kappa shape index (κ3) is 3.63. The summed E-state index contributed by atoms with van der Waals surface area (Å²) in [7, 11) is 1.55.